The fourth-order valence-corrected chi connectivity index (χ4v) is 5.76. The van der Waals surface area contributed by atoms with Crippen LogP contribution in [0.1, 0.15) is 16.9 Å². The predicted octanol–water partition coefficient (Wildman–Crippen LogP) is 4.14. The molecule has 3 aromatic heterocycles. The van der Waals surface area contributed by atoms with Crippen LogP contribution < -0.4 is 5.32 Å². The molecule has 0 fully saturated rings. The van der Waals surface area contributed by atoms with Gasteiger partial charge in [-0.05, 0) is 43.0 Å². The number of nitrogens with one attached hydrogen (secondary N) is 1. The van der Waals surface area contributed by atoms with E-state index in [0.29, 0.717) is 16.4 Å². The Labute approximate surface area is 179 Å². The van der Waals surface area contributed by atoms with Crippen LogP contribution in [0.3, 0.4) is 0 Å². The largest absolute Gasteiger partial charge is 0.323 e. The van der Waals surface area contributed by atoms with Crippen LogP contribution in [0.2, 0.25) is 5.02 Å². The molecular formula is C19H15ClN6OS2. The Morgan fingerprint density at radius 1 is 1.28 bits per heavy atom. The third-order valence-electron chi connectivity index (χ3n) is 4.70. The second kappa shape index (κ2) is 7.74. The van der Waals surface area contributed by atoms with Gasteiger partial charge in [-0.2, -0.15) is 5.10 Å². The Morgan fingerprint density at radius 3 is 3.07 bits per heavy atom. The number of thiophene rings is 1. The first kappa shape index (κ1) is 18.5. The van der Waals surface area contributed by atoms with E-state index in [4.69, 9.17) is 11.6 Å². The van der Waals surface area contributed by atoms with Gasteiger partial charge in [0.05, 0.1) is 17.1 Å². The second-order valence-electron chi connectivity index (χ2n) is 6.55. The van der Waals surface area contributed by atoms with Crippen molar-refractivity contribution in [3.63, 3.8) is 0 Å². The summed E-state index contributed by atoms with van der Waals surface area (Å²) in [5.41, 5.74) is 2.64. The minimum absolute atomic E-state index is 0.141. The number of halogens is 1. The molecule has 0 atom stereocenters. The van der Waals surface area contributed by atoms with E-state index in [1.165, 1.54) is 35.0 Å². The van der Waals surface area contributed by atoms with E-state index in [9.17, 15) is 4.79 Å². The number of hydrogen-bond donors (Lipinski definition) is 1. The molecule has 1 aromatic carbocycles. The highest BCUT2D eigenvalue weighted by Crippen LogP contribution is 2.40. The standard InChI is InChI=1S/C19H15ClN6OS2/c20-11-4-5-14(26-10-21-8-24-26)13(6-11)25-16(27)7-28-18-17-12-2-1-3-15(12)29-19(17)23-9-22-18/h4-6,8-10H,1-3,7H2,(H,25,27). The van der Waals surface area contributed by atoms with E-state index in [0.717, 1.165) is 28.1 Å². The molecule has 7 nitrogen and oxygen atoms in total. The van der Waals surface area contributed by atoms with E-state index < -0.39 is 0 Å². The Morgan fingerprint density at radius 2 is 2.21 bits per heavy atom. The molecule has 1 aliphatic carbocycles. The Hall–Kier alpha value is -2.49. The van der Waals surface area contributed by atoms with Crippen molar-refractivity contribution >= 4 is 56.5 Å². The molecule has 0 unspecified atom stereocenters. The second-order valence-corrected chi connectivity index (χ2v) is 9.04. The summed E-state index contributed by atoms with van der Waals surface area (Å²) in [6, 6.07) is 5.25. The zero-order valence-corrected chi connectivity index (χ0v) is 17.5. The molecule has 0 saturated heterocycles. The van der Waals surface area contributed by atoms with E-state index in [-0.39, 0.29) is 11.7 Å². The highest BCUT2D eigenvalue weighted by molar-refractivity contribution is 8.00. The number of rotatable bonds is 5. The number of thioether (sulfide) groups is 1. The summed E-state index contributed by atoms with van der Waals surface area (Å²) in [5, 5.41) is 9.58. The Kier molecular flexibility index (Phi) is 4.94. The van der Waals surface area contributed by atoms with E-state index in [1.54, 1.807) is 46.9 Å². The summed E-state index contributed by atoms with van der Waals surface area (Å²) in [6.07, 6.45) is 7.94. The lowest BCUT2D eigenvalue weighted by atomic mass is 10.2. The van der Waals surface area contributed by atoms with Gasteiger partial charge in [0.1, 0.15) is 28.8 Å². The summed E-state index contributed by atoms with van der Waals surface area (Å²) in [6.45, 7) is 0. The smallest absolute Gasteiger partial charge is 0.234 e. The van der Waals surface area contributed by atoms with Crippen molar-refractivity contribution in [2.45, 2.75) is 24.3 Å². The fraction of sp³-hybridized carbons (Fsp3) is 0.211. The first-order chi connectivity index (χ1) is 14.2. The molecule has 29 heavy (non-hydrogen) atoms. The quantitative estimate of drug-likeness (QED) is 0.369. The van der Waals surface area contributed by atoms with Gasteiger partial charge in [-0.25, -0.2) is 19.6 Å². The average molecular weight is 443 g/mol. The number of benzene rings is 1. The van der Waals surface area contributed by atoms with Crippen molar-refractivity contribution in [1.82, 2.24) is 24.7 Å². The molecule has 0 spiro atoms. The van der Waals surface area contributed by atoms with Crippen LogP contribution in [-0.2, 0) is 17.6 Å². The third-order valence-corrected chi connectivity index (χ3v) is 7.13. The van der Waals surface area contributed by atoms with Gasteiger partial charge < -0.3 is 5.32 Å². The third kappa shape index (κ3) is 3.61. The molecule has 1 aliphatic rings. The van der Waals surface area contributed by atoms with Crippen molar-refractivity contribution in [2.75, 3.05) is 11.1 Å². The summed E-state index contributed by atoms with van der Waals surface area (Å²) in [7, 11) is 0. The Balaban J connectivity index is 1.35. The molecule has 1 amide bonds. The lowest BCUT2D eigenvalue weighted by Gasteiger charge is -2.11. The van der Waals surface area contributed by atoms with Crippen molar-refractivity contribution in [3.8, 4) is 5.69 Å². The maximum Gasteiger partial charge on any atom is 0.234 e. The molecular weight excluding hydrogens is 428 g/mol. The average Bonchev–Trinajstić information content (AvgIpc) is 3.43. The van der Waals surface area contributed by atoms with Gasteiger partial charge >= 0.3 is 0 Å². The fourth-order valence-electron chi connectivity index (χ4n) is 3.47. The number of aromatic nitrogens is 5. The number of aryl methyl sites for hydroxylation is 2. The maximum atomic E-state index is 12.7. The van der Waals surface area contributed by atoms with Gasteiger partial charge in [0.2, 0.25) is 5.91 Å². The van der Waals surface area contributed by atoms with Crippen LogP contribution in [0.5, 0.6) is 0 Å². The molecule has 0 bridgehead atoms. The van der Waals surface area contributed by atoms with Crippen LogP contribution in [0.25, 0.3) is 15.9 Å². The molecule has 10 heteroatoms. The number of carbonyl (C=O) groups excluding carboxylic acids is 1. The van der Waals surface area contributed by atoms with Crippen molar-refractivity contribution in [3.05, 3.63) is 52.6 Å². The van der Waals surface area contributed by atoms with Crippen molar-refractivity contribution < 1.29 is 4.79 Å². The van der Waals surface area contributed by atoms with Gasteiger partial charge in [-0.1, -0.05) is 23.4 Å². The monoisotopic (exact) mass is 442 g/mol. The molecule has 5 rings (SSSR count). The normalized spacial score (nSPS) is 13.0. The predicted molar refractivity (Wildman–Crippen MR) is 115 cm³/mol. The number of carbonyl (C=O) groups is 1. The van der Waals surface area contributed by atoms with Crippen LogP contribution in [0, 0.1) is 0 Å². The van der Waals surface area contributed by atoms with Crippen molar-refractivity contribution in [2.24, 2.45) is 0 Å². The minimum atomic E-state index is -0.141. The lowest BCUT2D eigenvalue weighted by Crippen LogP contribution is -2.16. The maximum absolute atomic E-state index is 12.7. The SMILES string of the molecule is O=C(CSc1ncnc2sc3c(c12)CCC3)Nc1cc(Cl)ccc1-n1cncn1. The number of anilines is 1. The zero-order chi connectivity index (χ0) is 19.8. The molecule has 3 heterocycles. The molecule has 4 aromatic rings. The first-order valence-electron chi connectivity index (χ1n) is 9.01. The zero-order valence-electron chi connectivity index (χ0n) is 15.1. The number of amides is 1. The van der Waals surface area contributed by atoms with Crippen LogP contribution >= 0.6 is 34.7 Å². The topological polar surface area (TPSA) is 85.6 Å². The van der Waals surface area contributed by atoms with Crippen LogP contribution in [0.4, 0.5) is 5.69 Å². The highest BCUT2D eigenvalue weighted by Gasteiger charge is 2.21. The van der Waals surface area contributed by atoms with Gasteiger partial charge in [0.15, 0.2) is 0 Å². The Bertz CT molecular complexity index is 1210. The number of fused-ring (bicyclic) bond motifs is 3. The summed E-state index contributed by atoms with van der Waals surface area (Å²) in [4.78, 5) is 27.9. The van der Waals surface area contributed by atoms with Crippen LogP contribution in [-0.4, -0.2) is 36.4 Å². The summed E-state index contributed by atoms with van der Waals surface area (Å²) >= 11 is 9.30. The molecule has 1 N–H and O–H groups in total. The molecule has 146 valence electrons. The van der Waals surface area contributed by atoms with Gasteiger partial charge in [0, 0.05) is 15.3 Å². The van der Waals surface area contributed by atoms with E-state index in [1.807, 2.05) is 0 Å². The summed E-state index contributed by atoms with van der Waals surface area (Å²) < 4.78 is 1.59. The van der Waals surface area contributed by atoms with Gasteiger partial charge in [-0.15, -0.1) is 11.3 Å². The first-order valence-corrected chi connectivity index (χ1v) is 11.2. The highest BCUT2D eigenvalue weighted by atomic mass is 35.5. The number of nitrogens with zero attached hydrogens (tertiary/aromatic N) is 5. The molecule has 0 radical (unpaired) electrons. The molecule has 0 aliphatic heterocycles. The van der Waals surface area contributed by atoms with E-state index >= 15 is 0 Å². The van der Waals surface area contributed by atoms with Gasteiger partial charge in [0.25, 0.3) is 0 Å². The summed E-state index contributed by atoms with van der Waals surface area (Å²) in [5.74, 6) is 0.0947. The van der Waals surface area contributed by atoms with Crippen LogP contribution in [0.15, 0.2) is 42.2 Å². The lowest BCUT2D eigenvalue weighted by molar-refractivity contribution is -0.113. The number of hydrogen-bond acceptors (Lipinski definition) is 7. The minimum Gasteiger partial charge on any atom is -0.323 e. The van der Waals surface area contributed by atoms with Crippen molar-refractivity contribution in [1.29, 1.82) is 0 Å². The molecule has 0 saturated carbocycles. The van der Waals surface area contributed by atoms with Gasteiger partial charge in [-0.3, -0.25) is 4.79 Å². The van der Waals surface area contributed by atoms with E-state index in [2.05, 4.69) is 25.4 Å².